The first-order chi connectivity index (χ1) is 14.5. The zero-order chi connectivity index (χ0) is 20.5. The average Bonchev–Trinajstić information content (AvgIpc) is 3.29. The van der Waals surface area contributed by atoms with E-state index < -0.39 is 11.6 Å². The number of likely N-dealkylation sites (tertiary alicyclic amines) is 2. The van der Waals surface area contributed by atoms with Gasteiger partial charge in [0.1, 0.15) is 11.6 Å². The van der Waals surface area contributed by atoms with Gasteiger partial charge < -0.3 is 14.5 Å². The summed E-state index contributed by atoms with van der Waals surface area (Å²) in [6, 6.07) is 3.94. The number of nitrogens with zero attached hydrogens (tertiary/aromatic N) is 3. The second-order valence-electron chi connectivity index (χ2n) is 9.58. The summed E-state index contributed by atoms with van der Waals surface area (Å²) in [6.45, 7) is 3.63. The number of carbonyl (C=O) groups excluding carboxylic acids is 1. The van der Waals surface area contributed by atoms with Crippen LogP contribution in [-0.2, 0) is 6.42 Å². The average molecular weight is 414 g/mol. The third-order valence-corrected chi connectivity index (χ3v) is 7.46. The maximum Gasteiger partial charge on any atom is 0.320 e. The molecule has 0 radical (unpaired) electrons. The van der Waals surface area contributed by atoms with Crippen molar-refractivity contribution < 1.29 is 18.3 Å². The smallest absolute Gasteiger partial charge is 0.320 e. The summed E-state index contributed by atoms with van der Waals surface area (Å²) in [5.41, 5.74) is 1.79. The molecule has 6 rings (SSSR count). The topological polar surface area (TPSA) is 61.5 Å². The molecule has 3 fully saturated rings. The maximum absolute atomic E-state index is 13.9. The minimum atomic E-state index is -0.536. The second-order valence-corrected chi connectivity index (χ2v) is 9.58. The zero-order valence-electron chi connectivity index (χ0n) is 16.6. The number of urea groups is 1. The van der Waals surface area contributed by atoms with Crippen LogP contribution >= 0.6 is 0 Å². The number of hydrogen-bond acceptors (Lipinski definition) is 3. The Morgan fingerprint density at radius 1 is 1.23 bits per heavy atom. The number of H-pyrrole nitrogens is 1. The van der Waals surface area contributed by atoms with Gasteiger partial charge in [-0.15, -0.1) is 0 Å². The molecule has 1 aromatic carbocycles. The quantitative estimate of drug-likeness (QED) is 0.821. The Hall–Kier alpha value is -2.64. The zero-order valence-corrected chi connectivity index (χ0v) is 16.6. The lowest BCUT2D eigenvalue weighted by atomic mass is 9.56. The number of benzene rings is 1. The number of ether oxygens (including phenoxy) is 1. The molecular formula is C22H24F2N4O2. The van der Waals surface area contributed by atoms with Gasteiger partial charge in [0.2, 0.25) is 0 Å². The van der Waals surface area contributed by atoms with Gasteiger partial charge in [0.25, 0.3) is 0 Å². The molecule has 0 bridgehead atoms. The molecule has 1 aliphatic carbocycles. The number of amides is 2. The predicted molar refractivity (Wildman–Crippen MR) is 104 cm³/mol. The van der Waals surface area contributed by atoms with Crippen LogP contribution < -0.4 is 4.74 Å². The number of aromatic nitrogens is 2. The molecule has 0 unspecified atom stereocenters. The van der Waals surface area contributed by atoms with E-state index in [0.29, 0.717) is 37.0 Å². The van der Waals surface area contributed by atoms with Gasteiger partial charge in [0.05, 0.1) is 18.5 Å². The number of halogens is 2. The van der Waals surface area contributed by atoms with E-state index >= 15 is 0 Å². The van der Waals surface area contributed by atoms with Gasteiger partial charge >= 0.3 is 6.03 Å². The van der Waals surface area contributed by atoms with Crippen LogP contribution in [0.2, 0.25) is 0 Å². The molecule has 1 spiro atoms. The van der Waals surface area contributed by atoms with Crippen LogP contribution in [0.1, 0.15) is 30.0 Å². The van der Waals surface area contributed by atoms with Crippen molar-refractivity contribution in [3.63, 3.8) is 0 Å². The third kappa shape index (κ3) is 2.80. The molecule has 4 aliphatic rings. The Bertz CT molecular complexity index is 995. The molecule has 2 atom stereocenters. The minimum Gasteiger partial charge on any atom is -0.490 e. The van der Waals surface area contributed by atoms with Crippen molar-refractivity contribution in [3.8, 4) is 5.75 Å². The molecule has 2 aromatic rings. The van der Waals surface area contributed by atoms with Crippen LogP contribution in [0, 0.1) is 28.9 Å². The van der Waals surface area contributed by atoms with E-state index in [4.69, 9.17) is 4.74 Å². The molecule has 6 nitrogen and oxygen atoms in total. The Labute approximate surface area is 173 Å². The van der Waals surface area contributed by atoms with E-state index in [9.17, 15) is 13.6 Å². The Balaban J connectivity index is 1.02. The summed E-state index contributed by atoms with van der Waals surface area (Å²) in [5, 5.41) is 7.11. The van der Waals surface area contributed by atoms with Gasteiger partial charge in [-0.2, -0.15) is 5.10 Å². The summed E-state index contributed by atoms with van der Waals surface area (Å²) in [5.74, 6) is 0.817. The lowest BCUT2D eigenvalue weighted by Gasteiger charge is -2.59. The first-order valence-corrected chi connectivity index (χ1v) is 10.6. The number of nitrogens with one attached hydrogen (secondary N) is 1. The van der Waals surface area contributed by atoms with Crippen molar-refractivity contribution in [1.82, 2.24) is 20.0 Å². The molecule has 2 amide bonds. The van der Waals surface area contributed by atoms with E-state index in [1.807, 2.05) is 9.80 Å². The Kier molecular flexibility index (Phi) is 3.89. The summed E-state index contributed by atoms with van der Waals surface area (Å²) in [4.78, 5) is 16.9. The van der Waals surface area contributed by atoms with Gasteiger partial charge in [-0.05, 0) is 36.8 Å². The van der Waals surface area contributed by atoms with Crippen LogP contribution in [0.4, 0.5) is 13.6 Å². The van der Waals surface area contributed by atoms with E-state index in [-0.39, 0.29) is 17.4 Å². The first-order valence-electron chi connectivity index (χ1n) is 10.6. The molecule has 8 heteroatoms. The lowest BCUT2D eigenvalue weighted by molar-refractivity contribution is -0.0756. The summed E-state index contributed by atoms with van der Waals surface area (Å²) in [6.07, 6.45) is 4.36. The number of carbonyl (C=O) groups is 1. The van der Waals surface area contributed by atoms with Gasteiger partial charge in [-0.1, -0.05) is 6.07 Å². The molecule has 30 heavy (non-hydrogen) atoms. The number of rotatable bonds is 2. The third-order valence-electron chi connectivity index (χ3n) is 7.46. The molecule has 4 heterocycles. The van der Waals surface area contributed by atoms with E-state index in [0.717, 1.165) is 50.0 Å². The van der Waals surface area contributed by atoms with Crippen molar-refractivity contribution in [1.29, 1.82) is 0 Å². The fourth-order valence-corrected chi connectivity index (χ4v) is 6.05. The molecular weight excluding hydrogens is 390 g/mol. The predicted octanol–water partition coefficient (Wildman–Crippen LogP) is 3.17. The van der Waals surface area contributed by atoms with Crippen LogP contribution in [0.3, 0.4) is 0 Å². The largest absolute Gasteiger partial charge is 0.490 e. The molecule has 1 aromatic heterocycles. The fraction of sp³-hybridized carbons (Fsp3) is 0.545. The highest BCUT2D eigenvalue weighted by molar-refractivity contribution is 5.76. The molecule has 2 saturated heterocycles. The summed E-state index contributed by atoms with van der Waals surface area (Å²) < 4.78 is 32.7. The number of fused-ring (bicyclic) bond motifs is 3. The van der Waals surface area contributed by atoms with Crippen molar-refractivity contribution in [2.75, 3.05) is 32.8 Å². The summed E-state index contributed by atoms with van der Waals surface area (Å²) >= 11 is 0. The standard InChI is InChI=1S/C22H24F2N4O2/c23-16-2-1-14(18(24)4-16)3-13-5-22(6-13)11-28(12-22)21(29)27-8-15-10-30-19-7-25-26-20(19)17(15)9-27/h1-2,4,7,13,15,17H,3,5-6,8-12H2,(H,25,26)/t15-,17-/m1/s1. The highest BCUT2D eigenvalue weighted by Gasteiger charge is 2.55. The maximum atomic E-state index is 13.9. The Morgan fingerprint density at radius 2 is 2.07 bits per heavy atom. The van der Waals surface area contributed by atoms with Crippen molar-refractivity contribution in [3.05, 3.63) is 47.3 Å². The van der Waals surface area contributed by atoms with Gasteiger partial charge in [-0.3, -0.25) is 5.10 Å². The van der Waals surface area contributed by atoms with Crippen LogP contribution in [0.15, 0.2) is 24.4 Å². The first kappa shape index (κ1) is 18.2. The summed E-state index contributed by atoms with van der Waals surface area (Å²) in [7, 11) is 0. The van der Waals surface area contributed by atoms with Crippen LogP contribution in [0.5, 0.6) is 5.75 Å². The van der Waals surface area contributed by atoms with Crippen molar-refractivity contribution in [2.24, 2.45) is 17.3 Å². The van der Waals surface area contributed by atoms with E-state index in [2.05, 4.69) is 10.2 Å². The van der Waals surface area contributed by atoms with Crippen molar-refractivity contribution in [2.45, 2.75) is 25.2 Å². The SMILES string of the molecule is O=C(N1C[C@@H]2COc3cn[nH]c3[C@@H]2C1)N1CC2(CC(Cc3ccc(F)cc3F)C2)C1. The monoisotopic (exact) mass is 414 g/mol. The number of aromatic amines is 1. The van der Waals surface area contributed by atoms with Gasteiger partial charge in [0, 0.05) is 49.5 Å². The molecule has 3 aliphatic heterocycles. The highest BCUT2D eigenvalue weighted by atomic mass is 19.1. The van der Waals surface area contributed by atoms with Gasteiger partial charge in [0.15, 0.2) is 5.75 Å². The highest BCUT2D eigenvalue weighted by Crippen LogP contribution is 2.53. The number of hydrogen-bond donors (Lipinski definition) is 1. The molecule has 158 valence electrons. The normalized spacial score (nSPS) is 26.6. The van der Waals surface area contributed by atoms with Crippen LogP contribution in [-0.4, -0.2) is 58.8 Å². The fourth-order valence-electron chi connectivity index (χ4n) is 6.05. The second kappa shape index (κ2) is 6.43. The van der Waals surface area contributed by atoms with E-state index in [1.165, 1.54) is 6.07 Å². The Morgan fingerprint density at radius 3 is 2.87 bits per heavy atom. The minimum absolute atomic E-state index is 0.115. The van der Waals surface area contributed by atoms with Gasteiger partial charge in [-0.25, -0.2) is 13.6 Å². The van der Waals surface area contributed by atoms with Crippen LogP contribution in [0.25, 0.3) is 0 Å². The molecule has 1 saturated carbocycles. The van der Waals surface area contributed by atoms with E-state index in [1.54, 1.807) is 12.3 Å². The molecule has 1 N–H and O–H groups in total. The van der Waals surface area contributed by atoms with Crippen molar-refractivity contribution >= 4 is 6.03 Å². The lowest BCUT2D eigenvalue weighted by Crippen LogP contribution is -2.65.